The fourth-order valence-electron chi connectivity index (χ4n) is 1.90. The second-order valence-electron chi connectivity index (χ2n) is 4.62. The molecule has 0 fully saturated rings. The minimum atomic E-state index is -0.134. The molecule has 0 aliphatic heterocycles. The maximum atomic E-state index is 11.9. The number of anilines is 1. The van der Waals surface area contributed by atoms with Gasteiger partial charge in [0.1, 0.15) is 5.76 Å². The van der Waals surface area contributed by atoms with Gasteiger partial charge in [0.25, 0.3) is 0 Å². The summed E-state index contributed by atoms with van der Waals surface area (Å²) in [5.74, 6) is 0.675. The summed E-state index contributed by atoms with van der Waals surface area (Å²) in [6.07, 6.45) is 1.60. The van der Waals surface area contributed by atoms with Gasteiger partial charge >= 0.3 is 0 Å². The fraction of sp³-hybridized carbons (Fsp3) is 0.267. The number of aryl methyl sites for hydroxylation is 1. The Hall–Kier alpha value is -1.75. The minimum Gasteiger partial charge on any atom is -0.467 e. The molecule has 0 aliphatic rings. The van der Waals surface area contributed by atoms with Crippen LogP contribution in [-0.4, -0.2) is 12.5 Å². The Balaban J connectivity index is 1.86. The van der Waals surface area contributed by atoms with Gasteiger partial charge in [0, 0.05) is 10.2 Å². The molecular weight excluding hydrogens is 320 g/mol. The first-order valence-corrected chi connectivity index (χ1v) is 7.18. The predicted octanol–water partition coefficient (Wildman–Crippen LogP) is 3.64. The molecule has 0 aliphatic carbocycles. The minimum absolute atomic E-state index is 0.0729. The number of benzene rings is 1. The van der Waals surface area contributed by atoms with Gasteiger partial charge in [-0.3, -0.25) is 4.79 Å². The quantitative estimate of drug-likeness (QED) is 0.876. The summed E-state index contributed by atoms with van der Waals surface area (Å²) < 4.78 is 6.28. The van der Waals surface area contributed by atoms with Crippen LogP contribution in [0.4, 0.5) is 5.69 Å². The molecular formula is C15H17BrN2O2. The van der Waals surface area contributed by atoms with Gasteiger partial charge in [0.05, 0.1) is 18.8 Å². The Bertz CT molecular complexity index is 582. The zero-order valence-corrected chi connectivity index (χ0v) is 13.0. The number of rotatable bonds is 5. The summed E-state index contributed by atoms with van der Waals surface area (Å²) in [5, 5.41) is 6.01. The van der Waals surface area contributed by atoms with Crippen molar-refractivity contribution in [1.29, 1.82) is 0 Å². The van der Waals surface area contributed by atoms with Gasteiger partial charge in [0.15, 0.2) is 0 Å². The highest BCUT2D eigenvalue weighted by Gasteiger charge is 2.11. The molecule has 1 heterocycles. The number of amides is 1. The van der Waals surface area contributed by atoms with Crippen molar-refractivity contribution in [2.45, 2.75) is 19.9 Å². The Kier molecular flexibility index (Phi) is 4.84. The molecule has 20 heavy (non-hydrogen) atoms. The van der Waals surface area contributed by atoms with Gasteiger partial charge < -0.3 is 15.1 Å². The SMILES string of the molecule is Cc1cc(Br)ccc1NCC(=O)NC(C)c1ccco1. The van der Waals surface area contributed by atoms with Crippen LogP contribution in [-0.2, 0) is 4.79 Å². The Morgan fingerprint density at radius 1 is 1.40 bits per heavy atom. The molecule has 2 rings (SSSR count). The van der Waals surface area contributed by atoms with Crippen molar-refractivity contribution in [3.8, 4) is 0 Å². The lowest BCUT2D eigenvalue weighted by Gasteiger charge is -2.13. The van der Waals surface area contributed by atoms with Crippen molar-refractivity contribution in [2.24, 2.45) is 0 Å². The van der Waals surface area contributed by atoms with E-state index >= 15 is 0 Å². The zero-order chi connectivity index (χ0) is 14.5. The number of nitrogens with one attached hydrogen (secondary N) is 2. The third-order valence-corrected chi connectivity index (χ3v) is 3.47. The average molecular weight is 337 g/mol. The zero-order valence-electron chi connectivity index (χ0n) is 11.4. The second kappa shape index (κ2) is 6.61. The van der Waals surface area contributed by atoms with Gasteiger partial charge in [0.2, 0.25) is 5.91 Å². The maximum absolute atomic E-state index is 11.9. The van der Waals surface area contributed by atoms with Gasteiger partial charge in [-0.1, -0.05) is 15.9 Å². The van der Waals surface area contributed by atoms with Crippen molar-refractivity contribution >= 4 is 27.5 Å². The average Bonchev–Trinajstić information content (AvgIpc) is 2.91. The van der Waals surface area contributed by atoms with Crippen LogP contribution in [0.25, 0.3) is 0 Å². The highest BCUT2D eigenvalue weighted by atomic mass is 79.9. The summed E-state index contributed by atoms with van der Waals surface area (Å²) in [4.78, 5) is 11.9. The molecule has 0 radical (unpaired) electrons. The third kappa shape index (κ3) is 3.87. The van der Waals surface area contributed by atoms with Crippen molar-refractivity contribution in [1.82, 2.24) is 5.32 Å². The topological polar surface area (TPSA) is 54.3 Å². The Morgan fingerprint density at radius 3 is 2.85 bits per heavy atom. The molecule has 1 atom stereocenters. The molecule has 0 saturated carbocycles. The first kappa shape index (κ1) is 14.7. The predicted molar refractivity (Wildman–Crippen MR) is 82.6 cm³/mol. The molecule has 1 aromatic carbocycles. The fourth-order valence-corrected chi connectivity index (χ4v) is 2.38. The Morgan fingerprint density at radius 2 is 2.20 bits per heavy atom. The van der Waals surface area contributed by atoms with E-state index < -0.39 is 0 Å². The number of furan rings is 1. The molecule has 1 amide bonds. The van der Waals surface area contributed by atoms with E-state index in [4.69, 9.17) is 4.42 Å². The van der Waals surface area contributed by atoms with Crippen LogP contribution in [0.15, 0.2) is 45.5 Å². The number of carbonyl (C=O) groups is 1. The first-order chi connectivity index (χ1) is 9.56. The van der Waals surface area contributed by atoms with Crippen LogP contribution < -0.4 is 10.6 Å². The highest BCUT2D eigenvalue weighted by Crippen LogP contribution is 2.19. The van der Waals surface area contributed by atoms with E-state index in [0.717, 1.165) is 21.5 Å². The molecule has 1 aromatic heterocycles. The van der Waals surface area contributed by atoms with E-state index in [9.17, 15) is 4.79 Å². The lowest BCUT2D eigenvalue weighted by atomic mass is 10.2. The number of hydrogen-bond acceptors (Lipinski definition) is 3. The molecule has 2 N–H and O–H groups in total. The van der Waals surface area contributed by atoms with Crippen LogP contribution in [0, 0.1) is 6.92 Å². The normalized spacial score (nSPS) is 11.9. The van der Waals surface area contributed by atoms with Crippen LogP contribution >= 0.6 is 15.9 Å². The molecule has 106 valence electrons. The molecule has 0 saturated heterocycles. The van der Waals surface area contributed by atoms with Crippen LogP contribution in [0.1, 0.15) is 24.3 Å². The largest absolute Gasteiger partial charge is 0.467 e. The molecule has 0 bridgehead atoms. The van der Waals surface area contributed by atoms with E-state index in [1.807, 2.05) is 38.1 Å². The monoisotopic (exact) mass is 336 g/mol. The van der Waals surface area contributed by atoms with Gasteiger partial charge in [-0.2, -0.15) is 0 Å². The molecule has 5 heteroatoms. The van der Waals surface area contributed by atoms with E-state index in [1.54, 1.807) is 12.3 Å². The van der Waals surface area contributed by atoms with E-state index in [-0.39, 0.29) is 18.5 Å². The lowest BCUT2D eigenvalue weighted by molar-refractivity contribution is -0.120. The van der Waals surface area contributed by atoms with Crippen molar-refractivity contribution < 1.29 is 9.21 Å². The van der Waals surface area contributed by atoms with Gasteiger partial charge in [-0.25, -0.2) is 0 Å². The second-order valence-corrected chi connectivity index (χ2v) is 5.53. The molecule has 1 unspecified atom stereocenters. The molecule has 4 nitrogen and oxygen atoms in total. The number of carbonyl (C=O) groups excluding carboxylic acids is 1. The number of halogens is 1. The van der Waals surface area contributed by atoms with Crippen molar-refractivity contribution in [3.63, 3.8) is 0 Å². The summed E-state index contributed by atoms with van der Waals surface area (Å²) in [6, 6.07) is 9.41. The van der Waals surface area contributed by atoms with E-state index in [2.05, 4.69) is 26.6 Å². The summed E-state index contributed by atoms with van der Waals surface area (Å²) in [6.45, 7) is 4.12. The smallest absolute Gasteiger partial charge is 0.239 e. The highest BCUT2D eigenvalue weighted by molar-refractivity contribution is 9.10. The van der Waals surface area contributed by atoms with Crippen molar-refractivity contribution in [2.75, 3.05) is 11.9 Å². The Labute approximate surface area is 126 Å². The van der Waals surface area contributed by atoms with Gasteiger partial charge in [-0.05, 0) is 49.7 Å². The maximum Gasteiger partial charge on any atom is 0.239 e. The van der Waals surface area contributed by atoms with E-state index in [1.165, 1.54) is 0 Å². The van der Waals surface area contributed by atoms with Crippen LogP contribution in [0.3, 0.4) is 0 Å². The van der Waals surface area contributed by atoms with Crippen molar-refractivity contribution in [3.05, 3.63) is 52.4 Å². The molecule has 0 spiro atoms. The summed E-state index contributed by atoms with van der Waals surface area (Å²) in [5.41, 5.74) is 2.04. The van der Waals surface area contributed by atoms with Gasteiger partial charge in [-0.15, -0.1) is 0 Å². The summed E-state index contributed by atoms with van der Waals surface area (Å²) in [7, 11) is 0. The lowest BCUT2D eigenvalue weighted by Crippen LogP contribution is -2.32. The molecule has 2 aromatic rings. The number of hydrogen-bond donors (Lipinski definition) is 2. The van der Waals surface area contributed by atoms with Crippen LogP contribution in [0.2, 0.25) is 0 Å². The first-order valence-electron chi connectivity index (χ1n) is 6.39. The van der Waals surface area contributed by atoms with Crippen LogP contribution in [0.5, 0.6) is 0 Å². The summed E-state index contributed by atoms with van der Waals surface area (Å²) >= 11 is 3.41. The van der Waals surface area contributed by atoms with E-state index in [0.29, 0.717) is 0 Å². The standard InChI is InChI=1S/C15H17BrN2O2/c1-10-8-12(16)5-6-13(10)17-9-15(19)18-11(2)14-4-3-7-20-14/h3-8,11,17H,9H2,1-2H3,(H,18,19). The third-order valence-electron chi connectivity index (χ3n) is 2.98.